The fourth-order valence-electron chi connectivity index (χ4n) is 4.57. The first-order chi connectivity index (χ1) is 17.7. The van der Waals surface area contributed by atoms with E-state index in [2.05, 4.69) is 29.8 Å². The molecule has 4 rings (SSSR count). The van der Waals surface area contributed by atoms with E-state index in [0.717, 1.165) is 50.4 Å². The summed E-state index contributed by atoms with van der Waals surface area (Å²) in [6, 6.07) is 8.09. The van der Waals surface area contributed by atoms with Crippen LogP contribution in [0.15, 0.2) is 34.0 Å². The Morgan fingerprint density at radius 3 is 2.46 bits per heavy atom. The Bertz CT molecular complexity index is 1340. The van der Waals surface area contributed by atoms with Gasteiger partial charge in [-0.1, -0.05) is 49.5 Å². The number of amides is 1. The van der Waals surface area contributed by atoms with Crippen LogP contribution in [-0.2, 0) is 17.9 Å². The molecule has 0 bridgehead atoms. The minimum atomic E-state index is -0.340. The predicted molar refractivity (Wildman–Crippen MR) is 150 cm³/mol. The molecule has 1 aromatic carbocycles. The molecule has 2 aliphatic heterocycles. The lowest BCUT2D eigenvalue weighted by molar-refractivity contribution is -0.122. The summed E-state index contributed by atoms with van der Waals surface area (Å²) in [6.07, 6.45) is 3.49. The average Bonchev–Trinajstić information content (AvgIpc) is 3.14. The Kier molecular flexibility index (Phi) is 8.47. The van der Waals surface area contributed by atoms with Crippen molar-refractivity contribution in [3.05, 3.63) is 67.6 Å². The van der Waals surface area contributed by atoms with Gasteiger partial charge in [0.2, 0.25) is 0 Å². The van der Waals surface area contributed by atoms with Crippen LogP contribution in [0.3, 0.4) is 0 Å². The van der Waals surface area contributed by atoms with Gasteiger partial charge >= 0.3 is 0 Å². The fourth-order valence-corrected chi connectivity index (χ4v) is 5.80. The second kappa shape index (κ2) is 11.6. The number of aromatic nitrogens is 1. The number of thiocarbonyl (C=S) groups is 1. The Labute approximate surface area is 226 Å². The Balaban J connectivity index is 1.80. The third-order valence-electron chi connectivity index (χ3n) is 6.79. The maximum absolute atomic E-state index is 13.4. The van der Waals surface area contributed by atoms with Crippen LogP contribution >= 0.6 is 24.0 Å². The minimum Gasteiger partial charge on any atom is -0.355 e. The van der Waals surface area contributed by atoms with Crippen LogP contribution in [0, 0.1) is 24.1 Å². The largest absolute Gasteiger partial charge is 0.355 e. The summed E-state index contributed by atoms with van der Waals surface area (Å²) in [4.78, 5) is 33.2. The molecule has 1 aromatic heterocycles. The molecular weight excluding hydrogens is 509 g/mol. The molecule has 0 spiro atoms. The first kappa shape index (κ1) is 27.0. The summed E-state index contributed by atoms with van der Waals surface area (Å²) in [5, 5.41) is 9.86. The van der Waals surface area contributed by atoms with E-state index in [0.29, 0.717) is 26.9 Å². The smallest absolute Gasteiger partial charge is 0.270 e. The maximum Gasteiger partial charge on any atom is 0.270 e. The van der Waals surface area contributed by atoms with Gasteiger partial charge in [0, 0.05) is 38.3 Å². The number of carbonyl (C=O) groups is 1. The third-order valence-corrected chi connectivity index (χ3v) is 8.17. The van der Waals surface area contributed by atoms with Crippen molar-refractivity contribution in [1.82, 2.24) is 14.4 Å². The van der Waals surface area contributed by atoms with E-state index >= 15 is 0 Å². The van der Waals surface area contributed by atoms with E-state index < -0.39 is 0 Å². The molecule has 0 radical (unpaired) electrons. The number of nitrogens with zero attached hydrogens (tertiary/aromatic N) is 5. The summed E-state index contributed by atoms with van der Waals surface area (Å²) >= 11 is 6.72. The van der Waals surface area contributed by atoms with Crippen LogP contribution in [0.25, 0.3) is 6.08 Å². The number of rotatable bonds is 7. The summed E-state index contributed by atoms with van der Waals surface area (Å²) in [6.45, 7) is 7.74. The number of likely N-dealkylation sites (N-methyl/N-ethyl adjacent to an activating group) is 1. The highest BCUT2D eigenvalue weighted by molar-refractivity contribution is 8.26. The van der Waals surface area contributed by atoms with Crippen LogP contribution in [-0.4, -0.2) is 57.8 Å². The molecule has 37 heavy (non-hydrogen) atoms. The van der Waals surface area contributed by atoms with Crippen LogP contribution in [0.4, 0.5) is 10.2 Å². The zero-order chi connectivity index (χ0) is 26.7. The predicted octanol–water partition coefficient (Wildman–Crippen LogP) is 4.12. The molecule has 10 heteroatoms. The first-order valence-electron chi connectivity index (χ1n) is 12.4. The second-order valence-electron chi connectivity index (χ2n) is 9.34. The monoisotopic (exact) mass is 539 g/mol. The van der Waals surface area contributed by atoms with E-state index in [-0.39, 0.29) is 29.4 Å². The molecule has 0 saturated carbocycles. The molecule has 2 fully saturated rings. The number of carbonyl (C=O) groups excluding carboxylic acids is 1. The first-order valence-corrected chi connectivity index (χ1v) is 13.6. The number of unbranched alkanes of at least 4 members (excludes halogenated alkanes) is 1. The molecule has 2 saturated heterocycles. The van der Waals surface area contributed by atoms with Crippen LogP contribution in [0.2, 0.25) is 0 Å². The number of benzene rings is 1. The molecule has 7 nitrogen and oxygen atoms in total. The van der Waals surface area contributed by atoms with Crippen LogP contribution < -0.4 is 10.5 Å². The van der Waals surface area contributed by atoms with E-state index in [1.165, 1.54) is 28.8 Å². The third kappa shape index (κ3) is 5.64. The van der Waals surface area contributed by atoms with Crippen molar-refractivity contribution in [2.24, 2.45) is 0 Å². The lowest BCUT2D eigenvalue weighted by Crippen LogP contribution is -2.47. The van der Waals surface area contributed by atoms with Crippen LogP contribution in [0.5, 0.6) is 0 Å². The van der Waals surface area contributed by atoms with Crippen molar-refractivity contribution in [2.75, 3.05) is 38.1 Å². The fraction of sp³-hybridized carbons (Fsp3) is 0.407. The van der Waals surface area contributed by atoms with Crippen molar-refractivity contribution in [2.45, 2.75) is 39.8 Å². The van der Waals surface area contributed by atoms with Gasteiger partial charge in [-0.05, 0) is 49.7 Å². The van der Waals surface area contributed by atoms with Gasteiger partial charge in [-0.15, -0.1) is 0 Å². The molecule has 0 unspecified atom stereocenters. The van der Waals surface area contributed by atoms with Crippen molar-refractivity contribution in [1.29, 1.82) is 5.26 Å². The molecule has 1 amide bonds. The van der Waals surface area contributed by atoms with Gasteiger partial charge in [0.05, 0.1) is 11.4 Å². The quantitative estimate of drug-likeness (QED) is 0.387. The van der Waals surface area contributed by atoms with Crippen molar-refractivity contribution >= 4 is 46.1 Å². The van der Waals surface area contributed by atoms with Crippen molar-refractivity contribution in [3.63, 3.8) is 0 Å². The SMILES string of the molecule is CCCCn1c(N2CCN(C)CC2)c(C=C2SC(=S)N(Cc3ccc(F)cc3)C2=O)c(C)c(C#N)c1=O. The molecule has 194 valence electrons. The highest BCUT2D eigenvalue weighted by Gasteiger charge is 2.33. The van der Waals surface area contributed by atoms with E-state index in [1.54, 1.807) is 29.7 Å². The highest BCUT2D eigenvalue weighted by Crippen LogP contribution is 2.37. The van der Waals surface area contributed by atoms with Gasteiger partial charge in [-0.25, -0.2) is 4.39 Å². The van der Waals surface area contributed by atoms with Gasteiger partial charge in [0.25, 0.3) is 11.5 Å². The lowest BCUT2D eigenvalue weighted by atomic mass is 10.0. The average molecular weight is 540 g/mol. The minimum absolute atomic E-state index is 0.0991. The number of hydrogen-bond donors (Lipinski definition) is 0. The van der Waals surface area contributed by atoms with Crippen LogP contribution in [0.1, 0.15) is 42.0 Å². The van der Waals surface area contributed by atoms with Gasteiger partial charge in [-0.3, -0.25) is 19.1 Å². The molecule has 2 aliphatic rings. The number of anilines is 1. The van der Waals surface area contributed by atoms with Gasteiger partial charge in [-0.2, -0.15) is 5.26 Å². The van der Waals surface area contributed by atoms with Gasteiger partial charge in [0.15, 0.2) is 0 Å². The molecule has 0 aliphatic carbocycles. The number of hydrogen-bond acceptors (Lipinski definition) is 7. The zero-order valence-electron chi connectivity index (χ0n) is 21.3. The molecule has 3 heterocycles. The second-order valence-corrected chi connectivity index (χ2v) is 11.0. The number of pyridine rings is 1. The van der Waals surface area contributed by atoms with E-state index in [9.17, 15) is 19.2 Å². The molecular formula is C27H30FN5O2S2. The number of nitriles is 1. The van der Waals surface area contributed by atoms with E-state index in [4.69, 9.17) is 12.2 Å². The topological polar surface area (TPSA) is 72.6 Å². The Morgan fingerprint density at radius 2 is 1.84 bits per heavy atom. The lowest BCUT2D eigenvalue weighted by Gasteiger charge is -2.36. The summed E-state index contributed by atoms with van der Waals surface area (Å²) in [5.74, 6) is 0.173. The standard InChI is InChI=1S/C27H30FN5O2S2/c1-4-5-10-32-24(31-13-11-30(3)12-14-31)21(18(2)22(16-29)25(32)34)15-23-26(35)33(27(36)37-23)17-19-6-8-20(28)9-7-19/h6-9,15H,4-5,10-14,17H2,1-3H3. The van der Waals surface area contributed by atoms with Gasteiger partial charge in [0.1, 0.15) is 27.6 Å². The van der Waals surface area contributed by atoms with Crippen molar-refractivity contribution in [3.8, 4) is 6.07 Å². The number of piperazine rings is 1. The maximum atomic E-state index is 13.4. The number of thioether (sulfide) groups is 1. The van der Waals surface area contributed by atoms with E-state index in [1.807, 2.05) is 0 Å². The van der Waals surface area contributed by atoms with Crippen molar-refractivity contribution < 1.29 is 9.18 Å². The zero-order valence-corrected chi connectivity index (χ0v) is 22.9. The normalized spacial score (nSPS) is 17.6. The summed E-state index contributed by atoms with van der Waals surface area (Å²) in [5.41, 5.74) is 1.86. The molecule has 2 aromatic rings. The number of halogens is 1. The molecule has 0 N–H and O–H groups in total. The molecule has 0 atom stereocenters. The van der Waals surface area contributed by atoms with Gasteiger partial charge < -0.3 is 9.80 Å². The Hall–Kier alpha value is -3.00. The summed E-state index contributed by atoms with van der Waals surface area (Å²) < 4.78 is 15.5. The summed E-state index contributed by atoms with van der Waals surface area (Å²) in [7, 11) is 2.07. The highest BCUT2D eigenvalue weighted by atomic mass is 32.2. The Morgan fingerprint density at radius 1 is 1.16 bits per heavy atom.